The first-order valence-corrected chi connectivity index (χ1v) is 5.08. The average Bonchev–Trinajstić information content (AvgIpc) is 2.07. The van der Waals surface area contributed by atoms with E-state index in [4.69, 9.17) is 11.5 Å². The van der Waals surface area contributed by atoms with Gasteiger partial charge in [-0.05, 0) is 46.0 Å². The Morgan fingerprint density at radius 3 is 2.31 bits per heavy atom. The molecule has 0 aliphatic rings. The molecule has 13 heavy (non-hydrogen) atoms. The molecule has 0 unspecified atom stereocenters. The van der Waals surface area contributed by atoms with Crippen LogP contribution in [0.4, 0.5) is 11.4 Å². The fraction of sp³-hybridized carbons (Fsp3) is 0.400. The minimum absolute atomic E-state index is 0.430. The van der Waals surface area contributed by atoms with Gasteiger partial charge >= 0.3 is 0 Å². The van der Waals surface area contributed by atoms with Crippen LogP contribution in [-0.2, 0) is 0 Å². The minimum atomic E-state index is 0.430. The molecule has 0 aliphatic carbocycles. The van der Waals surface area contributed by atoms with E-state index in [1.165, 1.54) is 5.56 Å². The second-order valence-corrected chi connectivity index (χ2v) is 4.36. The van der Waals surface area contributed by atoms with E-state index in [0.29, 0.717) is 5.92 Å². The van der Waals surface area contributed by atoms with Crippen molar-refractivity contribution in [3.05, 3.63) is 21.7 Å². The summed E-state index contributed by atoms with van der Waals surface area (Å²) in [6, 6.07) is 1.99. The number of anilines is 2. The SMILES string of the molecule is Cc1c(N)cc(C(C)C)c(Br)c1N. The van der Waals surface area contributed by atoms with Gasteiger partial charge in [0.15, 0.2) is 0 Å². The summed E-state index contributed by atoms with van der Waals surface area (Å²) in [4.78, 5) is 0. The molecule has 72 valence electrons. The van der Waals surface area contributed by atoms with Crippen LogP contribution in [-0.4, -0.2) is 0 Å². The summed E-state index contributed by atoms with van der Waals surface area (Å²) < 4.78 is 0.981. The van der Waals surface area contributed by atoms with Crippen molar-refractivity contribution in [2.45, 2.75) is 26.7 Å². The zero-order valence-corrected chi connectivity index (χ0v) is 9.77. The molecule has 0 aromatic heterocycles. The zero-order valence-electron chi connectivity index (χ0n) is 8.19. The van der Waals surface area contributed by atoms with Crippen molar-refractivity contribution in [3.8, 4) is 0 Å². The summed E-state index contributed by atoms with van der Waals surface area (Å²) >= 11 is 3.49. The molecule has 0 aliphatic heterocycles. The number of halogens is 1. The Morgan fingerprint density at radius 2 is 1.85 bits per heavy atom. The molecule has 1 rings (SSSR count). The average molecular weight is 243 g/mol. The van der Waals surface area contributed by atoms with E-state index in [9.17, 15) is 0 Å². The predicted molar refractivity (Wildman–Crippen MR) is 61.8 cm³/mol. The number of rotatable bonds is 1. The van der Waals surface area contributed by atoms with Crippen LogP contribution in [0.5, 0.6) is 0 Å². The monoisotopic (exact) mass is 242 g/mol. The van der Waals surface area contributed by atoms with Crippen LogP contribution in [0.1, 0.15) is 30.9 Å². The summed E-state index contributed by atoms with van der Waals surface area (Å²) in [7, 11) is 0. The first kappa shape index (κ1) is 10.4. The van der Waals surface area contributed by atoms with Gasteiger partial charge in [-0.25, -0.2) is 0 Å². The molecule has 1 aromatic carbocycles. The van der Waals surface area contributed by atoms with Crippen LogP contribution in [0.25, 0.3) is 0 Å². The Balaban J connectivity index is 3.41. The normalized spacial score (nSPS) is 10.8. The van der Waals surface area contributed by atoms with Crippen molar-refractivity contribution in [1.29, 1.82) is 0 Å². The van der Waals surface area contributed by atoms with Crippen molar-refractivity contribution in [3.63, 3.8) is 0 Å². The molecule has 0 radical (unpaired) electrons. The van der Waals surface area contributed by atoms with Gasteiger partial charge in [-0.1, -0.05) is 13.8 Å². The van der Waals surface area contributed by atoms with Crippen molar-refractivity contribution in [2.75, 3.05) is 11.5 Å². The molecular weight excluding hydrogens is 228 g/mol. The fourth-order valence-electron chi connectivity index (χ4n) is 1.23. The number of nitrogen functional groups attached to an aromatic ring is 2. The van der Waals surface area contributed by atoms with E-state index in [1.54, 1.807) is 0 Å². The third kappa shape index (κ3) is 1.80. The van der Waals surface area contributed by atoms with Crippen molar-refractivity contribution in [1.82, 2.24) is 0 Å². The van der Waals surface area contributed by atoms with Gasteiger partial charge in [0.2, 0.25) is 0 Å². The highest BCUT2D eigenvalue weighted by atomic mass is 79.9. The molecule has 0 heterocycles. The number of benzene rings is 1. The van der Waals surface area contributed by atoms with Crippen LogP contribution in [0.2, 0.25) is 0 Å². The van der Waals surface area contributed by atoms with Crippen LogP contribution in [0, 0.1) is 6.92 Å². The van der Waals surface area contributed by atoms with Gasteiger partial charge in [-0.2, -0.15) is 0 Å². The molecule has 0 saturated carbocycles. The molecule has 2 nitrogen and oxygen atoms in total. The summed E-state index contributed by atoms with van der Waals surface area (Å²) in [5.41, 5.74) is 15.4. The lowest BCUT2D eigenvalue weighted by Gasteiger charge is -2.14. The molecule has 1 aromatic rings. The number of nitrogens with two attached hydrogens (primary N) is 2. The maximum atomic E-state index is 5.89. The second kappa shape index (κ2) is 3.58. The smallest absolute Gasteiger partial charge is 0.0511 e. The van der Waals surface area contributed by atoms with E-state index in [1.807, 2.05) is 13.0 Å². The maximum absolute atomic E-state index is 5.89. The predicted octanol–water partition coefficient (Wildman–Crippen LogP) is 3.05. The quantitative estimate of drug-likeness (QED) is 0.745. The van der Waals surface area contributed by atoms with E-state index < -0.39 is 0 Å². The van der Waals surface area contributed by atoms with Gasteiger partial charge in [-0.15, -0.1) is 0 Å². The first-order chi connectivity index (χ1) is 5.95. The molecule has 0 saturated heterocycles. The van der Waals surface area contributed by atoms with Crippen LogP contribution in [0.3, 0.4) is 0 Å². The Kier molecular flexibility index (Phi) is 2.86. The molecule has 0 atom stereocenters. The molecule has 0 spiro atoms. The van der Waals surface area contributed by atoms with Gasteiger partial charge in [0.05, 0.1) is 5.69 Å². The Morgan fingerprint density at radius 1 is 1.31 bits per heavy atom. The highest BCUT2D eigenvalue weighted by molar-refractivity contribution is 9.10. The van der Waals surface area contributed by atoms with E-state index in [2.05, 4.69) is 29.8 Å². The molecule has 0 amide bonds. The summed E-state index contributed by atoms with van der Waals surface area (Å²) in [5, 5.41) is 0. The van der Waals surface area contributed by atoms with Gasteiger partial charge in [0.25, 0.3) is 0 Å². The van der Waals surface area contributed by atoms with Crippen LogP contribution in [0.15, 0.2) is 10.5 Å². The fourth-order valence-corrected chi connectivity index (χ4v) is 2.10. The number of hydrogen-bond acceptors (Lipinski definition) is 2. The highest BCUT2D eigenvalue weighted by Crippen LogP contribution is 2.35. The van der Waals surface area contributed by atoms with Gasteiger partial charge in [0, 0.05) is 10.2 Å². The van der Waals surface area contributed by atoms with Crippen molar-refractivity contribution < 1.29 is 0 Å². The van der Waals surface area contributed by atoms with E-state index >= 15 is 0 Å². The molecule has 0 bridgehead atoms. The number of hydrogen-bond donors (Lipinski definition) is 2. The summed E-state index contributed by atoms with van der Waals surface area (Å²) in [6.45, 7) is 6.17. The lowest BCUT2D eigenvalue weighted by Crippen LogP contribution is -2.01. The molecule has 3 heteroatoms. The maximum Gasteiger partial charge on any atom is 0.0511 e. The van der Waals surface area contributed by atoms with Crippen molar-refractivity contribution >= 4 is 27.3 Å². The lowest BCUT2D eigenvalue weighted by molar-refractivity contribution is 0.861. The Labute approximate surface area is 87.4 Å². The lowest BCUT2D eigenvalue weighted by atomic mass is 9.99. The Hall–Kier alpha value is -0.700. The van der Waals surface area contributed by atoms with Crippen LogP contribution >= 0.6 is 15.9 Å². The molecule has 0 fully saturated rings. The van der Waals surface area contributed by atoms with Crippen molar-refractivity contribution in [2.24, 2.45) is 0 Å². The largest absolute Gasteiger partial charge is 0.398 e. The standard InChI is InChI=1S/C10H15BrN2/c1-5(2)7-4-8(12)6(3)10(13)9(7)11/h4-5H,12-13H2,1-3H3. The van der Waals surface area contributed by atoms with Gasteiger partial charge < -0.3 is 11.5 Å². The highest BCUT2D eigenvalue weighted by Gasteiger charge is 2.11. The third-order valence-corrected chi connectivity index (χ3v) is 3.14. The second-order valence-electron chi connectivity index (χ2n) is 3.56. The van der Waals surface area contributed by atoms with E-state index in [-0.39, 0.29) is 0 Å². The van der Waals surface area contributed by atoms with Gasteiger partial charge in [-0.3, -0.25) is 0 Å². The minimum Gasteiger partial charge on any atom is -0.398 e. The van der Waals surface area contributed by atoms with Gasteiger partial charge in [0.1, 0.15) is 0 Å². The topological polar surface area (TPSA) is 52.0 Å². The molecular formula is C10H15BrN2. The zero-order chi connectivity index (χ0) is 10.2. The Bertz CT molecular complexity index is 332. The first-order valence-electron chi connectivity index (χ1n) is 4.29. The summed E-state index contributed by atoms with van der Waals surface area (Å²) in [5.74, 6) is 0.430. The summed E-state index contributed by atoms with van der Waals surface area (Å²) in [6.07, 6.45) is 0. The third-order valence-electron chi connectivity index (χ3n) is 2.26. The van der Waals surface area contributed by atoms with E-state index in [0.717, 1.165) is 21.4 Å². The molecule has 4 N–H and O–H groups in total. The van der Waals surface area contributed by atoms with Crippen LogP contribution < -0.4 is 11.5 Å².